The molecule has 0 aromatic rings. The molecule has 4 amide bonds. The number of rotatable bonds is 15. The predicted molar refractivity (Wildman–Crippen MR) is 115 cm³/mol. The minimum Gasteiger partial charge on any atom is -0.481 e. The van der Waals surface area contributed by atoms with E-state index in [-0.39, 0.29) is 30.9 Å². The summed E-state index contributed by atoms with van der Waals surface area (Å²) in [5, 5.41) is 24.8. The fourth-order valence-electron chi connectivity index (χ4n) is 2.39. The largest absolute Gasteiger partial charge is 0.481 e. The average molecular weight is 478 g/mol. The molecule has 0 saturated heterocycles. The van der Waals surface area contributed by atoms with Crippen LogP contribution >= 0.6 is 12.6 Å². The number of hydrogen-bond acceptors (Lipinski definition) is 8. The molecule has 14 heteroatoms. The van der Waals surface area contributed by atoms with E-state index in [1.54, 1.807) is 13.8 Å². The molecule has 0 aromatic carbocycles. The second kappa shape index (κ2) is 14.2. The van der Waals surface area contributed by atoms with Crippen molar-refractivity contribution in [3.8, 4) is 0 Å². The first-order valence-corrected chi connectivity index (χ1v) is 10.4. The Hall–Kier alpha value is -2.87. The molecule has 32 heavy (non-hydrogen) atoms. The molecule has 0 aromatic heterocycles. The Morgan fingerprint density at radius 2 is 1.25 bits per heavy atom. The lowest BCUT2D eigenvalue weighted by Gasteiger charge is -2.25. The van der Waals surface area contributed by atoms with Crippen molar-refractivity contribution in [3.63, 3.8) is 0 Å². The molecule has 0 radical (unpaired) electrons. The van der Waals surface area contributed by atoms with Gasteiger partial charge >= 0.3 is 11.9 Å². The standard InChI is InChI=1S/C18H31N5O8S/c1-8(2)14(20)17(29)22-9(3-5-12(19)24)15(27)21-10(4-6-13(25)26)16(28)23-11(7-32)18(30)31/h8-11,14,32H,3-7,20H2,1-2H3,(H2,19,24)(H,21,27)(H,22,29)(H,23,28)(H,25,26)(H,30,31). The van der Waals surface area contributed by atoms with E-state index in [4.69, 9.17) is 21.7 Å². The number of amides is 4. The van der Waals surface area contributed by atoms with Crippen molar-refractivity contribution in [2.24, 2.45) is 17.4 Å². The lowest BCUT2D eigenvalue weighted by Crippen LogP contribution is -2.57. The first kappa shape index (κ1) is 29.1. The van der Waals surface area contributed by atoms with Gasteiger partial charge in [-0.25, -0.2) is 4.79 Å². The van der Waals surface area contributed by atoms with Gasteiger partial charge in [-0.3, -0.25) is 24.0 Å². The maximum atomic E-state index is 12.8. The van der Waals surface area contributed by atoms with Crippen LogP contribution in [0.15, 0.2) is 0 Å². The predicted octanol–water partition coefficient (Wildman–Crippen LogP) is -2.43. The minimum atomic E-state index is -1.42. The quantitative estimate of drug-likeness (QED) is 0.117. The van der Waals surface area contributed by atoms with E-state index in [9.17, 15) is 28.8 Å². The summed E-state index contributed by atoms with van der Waals surface area (Å²) in [6.45, 7) is 3.38. The van der Waals surface area contributed by atoms with Gasteiger partial charge in [0.05, 0.1) is 6.04 Å². The third-order valence-corrected chi connectivity index (χ3v) is 4.78. The lowest BCUT2D eigenvalue weighted by molar-refractivity contribution is -0.142. The molecule has 4 atom stereocenters. The number of nitrogens with two attached hydrogens (primary N) is 2. The summed E-state index contributed by atoms with van der Waals surface area (Å²) in [7, 11) is 0. The first-order chi connectivity index (χ1) is 14.8. The summed E-state index contributed by atoms with van der Waals surface area (Å²) in [4.78, 5) is 70.7. The van der Waals surface area contributed by atoms with Gasteiger partial charge in [0.15, 0.2) is 0 Å². The Morgan fingerprint density at radius 3 is 1.62 bits per heavy atom. The molecule has 13 nitrogen and oxygen atoms in total. The van der Waals surface area contributed by atoms with E-state index in [0.717, 1.165) is 0 Å². The Kier molecular flexibility index (Phi) is 13.0. The van der Waals surface area contributed by atoms with Crippen LogP contribution in [0, 0.1) is 5.92 Å². The van der Waals surface area contributed by atoms with Gasteiger partial charge in [0, 0.05) is 18.6 Å². The van der Waals surface area contributed by atoms with Crippen LogP contribution in [0.1, 0.15) is 39.5 Å². The van der Waals surface area contributed by atoms with Crippen LogP contribution in [0.3, 0.4) is 0 Å². The highest BCUT2D eigenvalue weighted by Crippen LogP contribution is 2.06. The highest BCUT2D eigenvalue weighted by Gasteiger charge is 2.30. The highest BCUT2D eigenvalue weighted by atomic mass is 32.1. The lowest BCUT2D eigenvalue weighted by atomic mass is 10.0. The molecular formula is C18H31N5O8S. The van der Waals surface area contributed by atoms with Gasteiger partial charge in [-0.15, -0.1) is 0 Å². The third-order valence-electron chi connectivity index (χ3n) is 4.41. The van der Waals surface area contributed by atoms with E-state index in [1.807, 2.05) is 0 Å². The SMILES string of the molecule is CC(C)C(N)C(=O)NC(CCC(N)=O)C(=O)NC(CCC(=O)O)C(=O)NC(CS)C(=O)O. The average Bonchev–Trinajstić information content (AvgIpc) is 2.70. The molecule has 0 fully saturated rings. The van der Waals surface area contributed by atoms with Gasteiger partial charge in [0.1, 0.15) is 18.1 Å². The molecule has 0 rings (SSSR count). The van der Waals surface area contributed by atoms with Crippen molar-refractivity contribution in [2.45, 2.75) is 63.7 Å². The normalized spacial score (nSPS) is 14.5. The fraction of sp³-hybridized carbons (Fsp3) is 0.667. The molecule has 0 bridgehead atoms. The molecule has 182 valence electrons. The molecule has 0 heterocycles. The number of thiol groups is 1. The number of nitrogens with one attached hydrogen (secondary N) is 3. The maximum Gasteiger partial charge on any atom is 0.327 e. The molecule has 4 unspecified atom stereocenters. The van der Waals surface area contributed by atoms with E-state index in [2.05, 4.69) is 28.6 Å². The summed E-state index contributed by atoms with van der Waals surface area (Å²) >= 11 is 3.83. The second-order valence-corrected chi connectivity index (χ2v) is 7.78. The summed E-state index contributed by atoms with van der Waals surface area (Å²) in [5.74, 6) is -6.35. The number of carboxylic acid groups (broad SMARTS) is 2. The molecule has 0 aliphatic heterocycles. The van der Waals surface area contributed by atoms with Crippen LogP contribution in [-0.4, -0.2) is 75.7 Å². The van der Waals surface area contributed by atoms with Crippen LogP contribution in [0.5, 0.6) is 0 Å². The van der Waals surface area contributed by atoms with E-state index >= 15 is 0 Å². The zero-order valence-electron chi connectivity index (χ0n) is 17.9. The van der Waals surface area contributed by atoms with Gasteiger partial charge in [-0.05, 0) is 18.8 Å². The second-order valence-electron chi connectivity index (χ2n) is 7.41. The Bertz CT molecular complexity index is 717. The molecular weight excluding hydrogens is 446 g/mol. The molecule has 0 aliphatic carbocycles. The van der Waals surface area contributed by atoms with Crippen LogP contribution < -0.4 is 27.4 Å². The van der Waals surface area contributed by atoms with Crippen molar-refractivity contribution in [3.05, 3.63) is 0 Å². The Labute approximate surface area is 190 Å². The number of carbonyl (C=O) groups excluding carboxylic acids is 4. The summed E-state index contributed by atoms with van der Waals surface area (Å²) < 4.78 is 0. The number of carboxylic acids is 2. The van der Waals surface area contributed by atoms with Crippen LogP contribution in [0.2, 0.25) is 0 Å². The molecule has 0 aliphatic rings. The number of carbonyl (C=O) groups is 6. The van der Waals surface area contributed by atoms with Crippen molar-refractivity contribution in [1.82, 2.24) is 16.0 Å². The molecule has 0 spiro atoms. The van der Waals surface area contributed by atoms with E-state index < -0.39 is 66.2 Å². The zero-order chi connectivity index (χ0) is 25.0. The zero-order valence-corrected chi connectivity index (χ0v) is 18.8. The Balaban J connectivity index is 5.55. The van der Waals surface area contributed by atoms with Gasteiger partial charge in [0.2, 0.25) is 23.6 Å². The minimum absolute atomic E-state index is 0.195. The fourth-order valence-corrected chi connectivity index (χ4v) is 2.64. The Morgan fingerprint density at radius 1 is 0.812 bits per heavy atom. The first-order valence-electron chi connectivity index (χ1n) is 9.80. The van der Waals surface area contributed by atoms with Crippen LogP contribution in [-0.2, 0) is 28.8 Å². The summed E-state index contributed by atoms with van der Waals surface area (Å²) in [5.41, 5.74) is 10.9. The van der Waals surface area contributed by atoms with Crippen molar-refractivity contribution in [2.75, 3.05) is 5.75 Å². The monoisotopic (exact) mass is 477 g/mol. The van der Waals surface area contributed by atoms with Crippen LogP contribution in [0.25, 0.3) is 0 Å². The van der Waals surface area contributed by atoms with Crippen LogP contribution in [0.4, 0.5) is 0 Å². The third kappa shape index (κ3) is 10.9. The number of aliphatic carboxylic acids is 2. The highest BCUT2D eigenvalue weighted by molar-refractivity contribution is 7.80. The van der Waals surface area contributed by atoms with Crippen molar-refractivity contribution < 1.29 is 39.0 Å². The van der Waals surface area contributed by atoms with E-state index in [0.29, 0.717) is 0 Å². The van der Waals surface area contributed by atoms with Crippen molar-refractivity contribution in [1.29, 1.82) is 0 Å². The number of primary amides is 1. The van der Waals surface area contributed by atoms with E-state index in [1.165, 1.54) is 0 Å². The smallest absolute Gasteiger partial charge is 0.327 e. The maximum absolute atomic E-state index is 12.8. The summed E-state index contributed by atoms with van der Waals surface area (Å²) in [6.07, 6.45) is -1.32. The van der Waals surface area contributed by atoms with Crippen molar-refractivity contribution >= 4 is 48.2 Å². The topological polar surface area (TPSA) is 231 Å². The van der Waals surface area contributed by atoms with Gasteiger partial charge in [-0.1, -0.05) is 13.8 Å². The molecule has 9 N–H and O–H groups in total. The molecule has 0 saturated carbocycles. The van der Waals surface area contributed by atoms with Gasteiger partial charge in [-0.2, -0.15) is 12.6 Å². The summed E-state index contributed by atoms with van der Waals surface area (Å²) in [6, 6.07) is -5.03. The van der Waals surface area contributed by atoms with Gasteiger partial charge in [0.25, 0.3) is 0 Å². The number of hydrogen-bond donors (Lipinski definition) is 8. The van der Waals surface area contributed by atoms with Gasteiger partial charge < -0.3 is 37.6 Å².